The smallest absolute Gasteiger partial charge is 0.259 e. The highest BCUT2D eigenvalue weighted by Gasteiger charge is 2.38. The summed E-state index contributed by atoms with van der Waals surface area (Å²) < 4.78 is 14.0. The van der Waals surface area contributed by atoms with Crippen molar-refractivity contribution in [1.82, 2.24) is 0 Å². The van der Waals surface area contributed by atoms with Crippen molar-refractivity contribution in [1.29, 1.82) is 0 Å². The van der Waals surface area contributed by atoms with Crippen LogP contribution >= 0.6 is 23.4 Å². The van der Waals surface area contributed by atoms with Crippen molar-refractivity contribution in [3.05, 3.63) is 82.6 Å². The molecular formula is C24H18ClFN2O2S. The molecule has 156 valence electrons. The molecule has 0 bridgehead atoms. The summed E-state index contributed by atoms with van der Waals surface area (Å²) in [5.74, 6) is -0.855. The number of amides is 2. The first-order chi connectivity index (χ1) is 15.0. The van der Waals surface area contributed by atoms with Gasteiger partial charge in [0.25, 0.3) is 5.91 Å². The molecule has 1 N–H and O–H groups in total. The van der Waals surface area contributed by atoms with E-state index in [9.17, 15) is 14.0 Å². The Bertz CT molecular complexity index is 1190. The Morgan fingerprint density at radius 2 is 1.90 bits per heavy atom. The van der Waals surface area contributed by atoms with Crippen LogP contribution < -0.4 is 10.2 Å². The minimum Gasteiger partial charge on any atom is -0.326 e. The van der Waals surface area contributed by atoms with Gasteiger partial charge in [-0.1, -0.05) is 41.6 Å². The van der Waals surface area contributed by atoms with Gasteiger partial charge in [0.1, 0.15) is 5.82 Å². The van der Waals surface area contributed by atoms with Crippen LogP contribution in [0.5, 0.6) is 0 Å². The van der Waals surface area contributed by atoms with Gasteiger partial charge in [0.05, 0.1) is 17.7 Å². The lowest BCUT2D eigenvalue weighted by atomic mass is 10.1. The first-order valence-electron chi connectivity index (χ1n) is 9.98. The summed E-state index contributed by atoms with van der Waals surface area (Å²) in [4.78, 5) is 29.4. The highest BCUT2D eigenvalue weighted by molar-refractivity contribution is 7.99. The second-order valence-electron chi connectivity index (χ2n) is 7.61. The molecule has 2 amide bonds. The number of carbonyl (C=O) groups excluding carboxylic acids is 2. The lowest BCUT2D eigenvalue weighted by molar-refractivity contribution is -0.115. The average Bonchev–Trinajstić information content (AvgIpc) is 3.58. The molecular weight excluding hydrogens is 435 g/mol. The van der Waals surface area contributed by atoms with Gasteiger partial charge in [-0.25, -0.2) is 4.39 Å². The summed E-state index contributed by atoms with van der Waals surface area (Å²) in [6, 6.07) is 17.7. The number of hydrogen-bond acceptors (Lipinski definition) is 3. The maximum atomic E-state index is 14.0. The highest BCUT2D eigenvalue weighted by Crippen LogP contribution is 2.46. The van der Waals surface area contributed by atoms with Crippen molar-refractivity contribution in [2.24, 2.45) is 0 Å². The van der Waals surface area contributed by atoms with Gasteiger partial charge >= 0.3 is 0 Å². The number of nitrogens with one attached hydrogen (secondary N) is 1. The molecule has 4 nitrogen and oxygen atoms in total. The fourth-order valence-electron chi connectivity index (χ4n) is 3.72. The molecule has 3 aromatic carbocycles. The Morgan fingerprint density at radius 1 is 1.10 bits per heavy atom. The zero-order valence-corrected chi connectivity index (χ0v) is 18.0. The molecule has 2 aliphatic rings. The predicted octanol–water partition coefficient (Wildman–Crippen LogP) is 5.93. The Kier molecular flexibility index (Phi) is 5.20. The van der Waals surface area contributed by atoms with Gasteiger partial charge < -0.3 is 10.2 Å². The van der Waals surface area contributed by atoms with Crippen molar-refractivity contribution in [3.63, 3.8) is 0 Å². The van der Waals surface area contributed by atoms with E-state index in [0.717, 1.165) is 28.3 Å². The number of fused-ring (bicyclic) bond motifs is 2. The van der Waals surface area contributed by atoms with Crippen LogP contribution in [-0.2, 0) is 11.2 Å². The molecule has 0 radical (unpaired) electrons. The Hall–Kier alpha value is -2.83. The Labute approximate surface area is 188 Å². The quantitative estimate of drug-likeness (QED) is 0.533. The van der Waals surface area contributed by atoms with E-state index in [4.69, 9.17) is 11.6 Å². The first kappa shape index (κ1) is 20.1. The Morgan fingerprint density at radius 3 is 2.68 bits per heavy atom. The average molecular weight is 453 g/mol. The molecule has 1 heterocycles. The fraction of sp³-hybridized carbons (Fsp3) is 0.167. The predicted molar refractivity (Wildman–Crippen MR) is 121 cm³/mol. The normalized spacial score (nSPS) is 15.2. The fourth-order valence-corrected chi connectivity index (χ4v) is 5.06. The number of nitrogens with zero attached hydrogens (tertiary/aromatic N) is 1. The molecule has 0 spiro atoms. The molecule has 1 saturated carbocycles. The minimum atomic E-state index is -0.504. The van der Waals surface area contributed by atoms with Gasteiger partial charge in [-0.2, -0.15) is 0 Å². The van der Waals surface area contributed by atoms with E-state index < -0.39 is 5.82 Å². The Balaban J connectivity index is 1.44. The highest BCUT2D eigenvalue weighted by atomic mass is 35.5. The lowest BCUT2D eigenvalue weighted by Gasteiger charge is -2.23. The van der Waals surface area contributed by atoms with Crippen LogP contribution in [0.2, 0.25) is 5.02 Å². The van der Waals surface area contributed by atoms with Crippen LogP contribution in [0.4, 0.5) is 15.8 Å². The molecule has 1 fully saturated rings. The van der Waals surface area contributed by atoms with Gasteiger partial charge in [-0.15, -0.1) is 0 Å². The number of carbonyl (C=O) groups is 2. The molecule has 5 rings (SSSR count). The van der Waals surface area contributed by atoms with Gasteiger partial charge in [-0.05, 0) is 55.3 Å². The van der Waals surface area contributed by atoms with Crippen molar-refractivity contribution in [3.8, 4) is 0 Å². The monoisotopic (exact) mass is 452 g/mol. The largest absolute Gasteiger partial charge is 0.326 e. The second-order valence-corrected chi connectivity index (χ2v) is 9.10. The van der Waals surface area contributed by atoms with E-state index >= 15 is 0 Å². The SMILES string of the molecule is O=C(Cc1c(F)cccc1Cl)Nc1ccc2c(c1)Sc1ccccc1C(=O)N2C1CC1. The third kappa shape index (κ3) is 3.93. The van der Waals surface area contributed by atoms with Crippen molar-refractivity contribution < 1.29 is 14.0 Å². The maximum absolute atomic E-state index is 14.0. The summed E-state index contributed by atoms with van der Waals surface area (Å²) in [6.45, 7) is 0. The minimum absolute atomic E-state index is 0.00957. The molecule has 31 heavy (non-hydrogen) atoms. The molecule has 1 aliphatic heterocycles. The van der Waals surface area contributed by atoms with Crippen LogP contribution in [0, 0.1) is 5.82 Å². The van der Waals surface area contributed by atoms with Crippen LogP contribution in [0.15, 0.2) is 70.5 Å². The number of hydrogen-bond donors (Lipinski definition) is 1. The molecule has 7 heteroatoms. The van der Waals surface area contributed by atoms with Crippen LogP contribution in [-0.4, -0.2) is 17.9 Å². The number of anilines is 2. The maximum Gasteiger partial charge on any atom is 0.259 e. The third-order valence-corrected chi connectivity index (χ3v) is 6.85. The van der Waals surface area contributed by atoms with Crippen molar-refractivity contribution in [2.75, 3.05) is 10.2 Å². The van der Waals surface area contributed by atoms with Gasteiger partial charge in [-0.3, -0.25) is 9.59 Å². The zero-order valence-electron chi connectivity index (χ0n) is 16.4. The van der Waals surface area contributed by atoms with E-state index in [1.807, 2.05) is 41.3 Å². The van der Waals surface area contributed by atoms with E-state index in [-0.39, 0.29) is 34.9 Å². The number of halogens is 2. The second kappa shape index (κ2) is 8.02. The molecule has 3 aromatic rings. The van der Waals surface area contributed by atoms with E-state index in [1.54, 1.807) is 12.1 Å². The van der Waals surface area contributed by atoms with Gasteiger partial charge in [0.15, 0.2) is 0 Å². The summed E-state index contributed by atoms with van der Waals surface area (Å²) in [6.07, 6.45) is 1.81. The van der Waals surface area contributed by atoms with E-state index in [0.29, 0.717) is 11.3 Å². The molecule has 1 aliphatic carbocycles. The zero-order chi connectivity index (χ0) is 21.5. The van der Waals surface area contributed by atoms with Crippen LogP contribution in [0.3, 0.4) is 0 Å². The van der Waals surface area contributed by atoms with Crippen LogP contribution in [0.25, 0.3) is 0 Å². The third-order valence-electron chi connectivity index (χ3n) is 5.37. The van der Waals surface area contributed by atoms with Gasteiger partial charge in [0.2, 0.25) is 5.91 Å². The van der Waals surface area contributed by atoms with Crippen molar-refractivity contribution in [2.45, 2.75) is 35.1 Å². The molecule has 0 aromatic heterocycles. The van der Waals surface area contributed by atoms with E-state index in [2.05, 4.69) is 5.32 Å². The number of benzene rings is 3. The van der Waals surface area contributed by atoms with Crippen LogP contribution in [0.1, 0.15) is 28.8 Å². The molecule has 0 atom stereocenters. The molecule has 0 unspecified atom stereocenters. The van der Waals surface area contributed by atoms with Gasteiger partial charge in [0, 0.05) is 32.1 Å². The summed E-state index contributed by atoms with van der Waals surface area (Å²) in [5.41, 5.74) is 2.30. The summed E-state index contributed by atoms with van der Waals surface area (Å²) in [7, 11) is 0. The summed E-state index contributed by atoms with van der Waals surface area (Å²) in [5, 5.41) is 3.05. The summed E-state index contributed by atoms with van der Waals surface area (Å²) >= 11 is 7.55. The number of rotatable bonds is 4. The molecule has 0 saturated heterocycles. The standard InChI is InChI=1S/C24H18ClFN2O2S/c25-18-5-3-6-19(26)17(18)13-23(29)27-14-8-11-20-22(12-14)31-21-7-2-1-4-16(21)24(30)28(20)15-9-10-15/h1-8,11-12,15H,9-10,13H2,(H,27,29). The van der Waals surface area contributed by atoms with E-state index in [1.165, 1.54) is 23.9 Å². The topological polar surface area (TPSA) is 49.4 Å². The van der Waals surface area contributed by atoms with Crippen molar-refractivity contribution >= 4 is 46.6 Å². The first-order valence-corrected chi connectivity index (χ1v) is 11.2. The lowest BCUT2D eigenvalue weighted by Crippen LogP contribution is -2.32.